The molecule has 0 radical (unpaired) electrons. The first kappa shape index (κ1) is 29.6. The smallest absolute Gasteiger partial charge is 0.420 e. The van der Waals surface area contributed by atoms with E-state index in [4.69, 9.17) is 19.2 Å². The minimum absolute atomic E-state index is 0.119. The van der Waals surface area contributed by atoms with Gasteiger partial charge in [-0.1, -0.05) is 0 Å². The quantitative estimate of drug-likeness (QED) is 0.478. The molecule has 0 aromatic carbocycles. The van der Waals surface area contributed by atoms with Crippen LogP contribution in [0.3, 0.4) is 0 Å². The molecule has 1 aliphatic carbocycles. The van der Waals surface area contributed by atoms with Crippen molar-refractivity contribution >= 4 is 40.5 Å². The number of methoxy groups -OCH3 is 1. The predicted molar refractivity (Wildman–Crippen MR) is 153 cm³/mol. The second kappa shape index (κ2) is 11.6. The van der Waals surface area contributed by atoms with Crippen molar-refractivity contribution in [2.24, 2.45) is 0 Å². The van der Waals surface area contributed by atoms with E-state index in [2.05, 4.69) is 15.5 Å². The lowest BCUT2D eigenvalue weighted by molar-refractivity contribution is -0.117. The number of rotatable bonds is 7. The van der Waals surface area contributed by atoms with Crippen LogP contribution in [0.1, 0.15) is 85.1 Å². The van der Waals surface area contributed by atoms with Crippen LogP contribution in [0.4, 0.5) is 21.0 Å². The number of nitrogens with zero attached hydrogens (tertiary/aromatic N) is 3. The zero-order chi connectivity index (χ0) is 29.2. The molecule has 40 heavy (non-hydrogen) atoms. The minimum Gasteiger partial charge on any atom is -0.444 e. The van der Waals surface area contributed by atoms with Crippen LogP contribution in [0.25, 0.3) is 11.0 Å². The number of amides is 2. The topological polar surface area (TPSA) is 124 Å². The van der Waals surface area contributed by atoms with Gasteiger partial charge in [0.1, 0.15) is 11.2 Å². The van der Waals surface area contributed by atoms with Crippen LogP contribution in [0.2, 0.25) is 0 Å². The van der Waals surface area contributed by atoms with Gasteiger partial charge in [0.15, 0.2) is 5.65 Å². The Morgan fingerprint density at radius 3 is 2.38 bits per heavy atom. The molecule has 2 N–H and O–H groups in total. The van der Waals surface area contributed by atoms with E-state index in [0.717, 1.165) is 43.5 Å². The van der Waals surface area contributed by atoms with Crippen molar-refractivity contribution in [1.29, 1.82) is 0 Å². The summed E-state index contributed by atoms with van der Waals surface area (Å²) in [5.41, 5.74) is 1.63. The first-order valence-electron chi connectivity index (χ1n) is 14.1. The summed E-state index contributed by atoms with van der Waals surface area (Å²) in [7, 11) is 1.55. The summed E-state index contributed by atoms with van der Waals surface area (Å²) in [4.78, 5) is 45.6. The van der Waals surface area contributed by atoms with Gasteiger partial charge < -0.3 is 29.7 Å². The van der Waals surface area contributed by atoms with Gasteiger partial charge in [0, 0.05) is 38.6 Å². The molecular formula is C29H43N5O6. The van der Waals surface area contributed by atoms with Crippen molar-refractivity contribution in [3.63, 3.8) is 0 Å². The molecule has 2 aliphatic rings. The highest BCUT2D eigenvalue weighted by atomic mass is 16.6. The Morgan fingerprint density at radius 2 is 1.75 bits per heavy atom. The number of hydrogen-bond acceptors (Lipinski definition) is 8. The molecule has 4 rings (SSSR count). The highest BCUT2D eigenvalue weighted by molar-refractivity contribution is 6.09. The van der Waals surface area contributed by atoms with Gasteiger partial charge >= 0.3 is 12.2 Å². The fourth-order valence-electron chi connectivity index (χ4n) is 4.95. The van der Waals surface area contributed by atoms with Gasteiger partial charge in [0.2, 0.25) is 5.91 Å². The van der Waals surface area contributed by atoms with Crippen LogP contribution in [0.5, 0.6) is 0 Å². The standard InChI is InChI=1S/C29H43N5O6/c1-28(2,3)39-26(36)31-19-9-8-13-33(16-19)24-20(18-10-11-18)15-30-25-23(24)21(32-22(35)12-14-38-7)17-34(25)27(37)40-29(4,5)6/h15,17-19H,8-14,16H2,1-7H3,(H,31,36)(H,32,35). The number of pyridine rings is 1. The summed E-state index contributed by atoms with van der Waals surface area (Å²) >= 11 is 0. The molecule has 0 spiro atoms. The minimum atomic E-state index is -0.709. The van der Waals surface area contributed by atoms with E-state index >= 15 is 0 Å². The van der Waals surface area contributed by atoms with Crippen molar-refractivity contribution in [1.82, 2.24) is 14.9 Å². The van der Waals surface area contributed by atoms with Gasteiger partial charge in [-0.25, -0.2) is 19.1 Å². The highest BCUT2D eigenvalue weighted by Crippen LogP contribution is 2.48. The van der Waals surface area contributed by atoms with Crippen LogP contribution in [-0.2, 0) is 19.0 Å². The Hall–Kier alpha value is -3.34. The molecule has 1 aliphatic heterocycles. The molecule has 1 saturated carbocycles. The molecule has 11 nitrogen and oxygen atoms in total. The van der Waals surface area contributed by atoms with E-state index in [9.17, 15) is 14.4 Å². The van der Waals surface area contributed by atoms with E-state index in [1.807, 2.05) is 27.0 Å². The molecule has 1 saturated heterocycles. The van der Waals surface area contributed by atoms with Gasteiger partial charge in [-0.3, -0.25) is 4.79 Å². The molecule has 2 fully saturated rings. The van der Waals surface area contributed by atoms with E-state index in [0.29, 0.717) is 29.2 Å². The summed E-state index contributed by atoms with van der Waals surface area (Å²) in [5, 5.41) is 6.71. The van der Waals surface area contributed by atoms with Crippen LogP contribution in [0, 0.1) is 0 Å². The van der Waals surface area contributed by atoms with Crippen LogP contribution in [-0.4, -0.2) is 71.7 Å². The maximum absolute atomic E-state index is 13.2. The lowest BCUT2D eigenvalue weighted by Gasteiger charge is -2.36. The first-order chi connectivity index (χ1) is 18.8. The number of carbonyl (C=O) groups excluding carboxylic acids is 3. The molecule has 11 heteroatoms. The predicted octanol–water partition coefficient (Wildman–Crippen LogP) is 5.17. The Kier molecular flexibility index (Phi) is 8.63. The third-order valence-electron chi connectivity index (χ3n) is 6.69. The number of alkyl carbamates (subject to hydrolysis) is 1. The molecule has 0 bridgehead atoms. The zero-order valence-corrected chi connectivity index (χ0v) is 24.8. The molecular weight excluding hydrogens is 514 g/mol. The number of piperidine rings is 1. The third kappa shape index (κ3) is 7.44. The van der Waals surface area contributed by atoms with Gasteiger partial charge in [-0.2, -0.15) is 0 Å². The van der Waals surface area contributed by atoms with E-state index < -0.39 is 23.4 Å². The summed E-state index contributed by atoms with van der Waals surface area (Å²) in [6.45, 7) is 12.5. The number of hydrogen-bond donors (Lipinski definition) is 2. The lowest BCUT2D eigenvalue weighted by atomic mass is 10.0. The number of fused-ring (bicyclic) bond motifs is 1. The fraction of sp³-hybridized carbons (Fsp3) is 0.655. The van der Waals surface area contributed by atoms with Gasteiger partial charge in [0.25, 0.3) is 0 Å². The lowest BCUT2D eigenvalue weighted by Crippen LogP contribution is -2.49. The summed E-state index contributed by atoms with van der Waals surface area (Å²) < 4.78 is 17.6. The molecule has 2 aromatic heterocycles. The van der Waals surface area contributed by atoms with Crippen LogP contribution in [0.15, 0.2) is 12.4 Å². The second-order valence-corrected chi connectivity index (χ2v) is 12.7. The third-order valence-corrected chi connectivity index (χ3v) is 6.69. The second-order valence-electron chi connectivity index (χ2n) is 12.7. The number of aromatic nitrogens is 2. The zero-order valence-electron chi connectivity index (χ0n) is 24.8. The molecule has 220 valence electrons. The molecule has 3 heterocycles. The Bertz CT molecular complexity index is 1250. The summed E-state index contributed by atoms with van der Waals surface area (Å²) in [6, 6.07) is -0.119. The van der Waals surface area contributed by atoms with E-state index in [1.165, 1.54) is 4.57 Å². The van der Waals surface area contributed by atoms with Gasteiger partial charge in [0.05, 0.1) is 29.8 Å². The Morgan fingerprint density at radius 1 is 1.05 bits per heavy atom. The average Bonchev–Trinajstić information content (AvgIpc) is 3.62. The molecule has 1 atom stereocenters. The van der Waals surface area contributed by atoms with Crippen molar-refractivity contribution < 1.29 is 28.6 Å². The maximum atomic E-state index is 13.2. The largest absolute Gasteiger partial charge is 0.444 e. The Labute approximate surface area is 235 Å². The Balaban J connectivity index is 1.76. The normalized spacial score (nSPS) is 18.0. The van der Waals surface area contributed by atoms with Crippen LogP contribution < -0.4 is 15.5 Å². The maximum Gasteiger partial charge on any atom is 0.420 e. The fourth-order valence-corrected chi connectivity index (χ4v) is 4.95. The van der Waals surface area contributed by atoms with Crippen molar-refractivity contribution in [3.05, 3.63) is 18.0 Å². The van der Waals surface area contributed by atoms with Gasteiger partial charge in [-0.05, 0) is 78.7 Å². The molecule has 2 aromatic rings. The average molecular weight is 558 g/mol. The summed E-state index contributed by atoms with van der Waals surface area (Å²) in [5.74, 6) is 0.129. The van der Waals surface area contributed by atoms with Gasteiger partial charge in [-0.15, -0.1) is 0 Å². The SMILES string of the molecule is COCCC(=O)Nc1cn(C(=O)OC(C)(C)C)c2ncc(C3CC3)c(N3CCCC(NC(=O)OC(C)(C)C)C3)c12. The molecule has 1 unspecified atom stereocenters. The van der Waals surface area contributed by atoms with E-state index in [-0.39, 0.29) is 25.0 Å². The number of nitrogens with one attached hydrogen (secondary N) is 2. The van der Waals surface area contributed by atoms with Crippen LogP contribution >= 0.6 is 0 Å². The van der Waals surface area contributed by atoms with E-state index in [1.54, 1.807) is 34.1 Å². The summed E-state index contributed by atoms with van der Waals surface area (Å²) in [6.07, 6.45) is 6.38. The monoisotopic (exact) mass is 557 g/mol. The number of ether oxygens (including phenoxy) is 3. The molecule has 2 amide bonds. The van der Waals surface area contributed by atoms with Crippen molar-refractivity contribution in [2.45, 2.75) is 96.8 Å². The first-order valence-corrected chi connectivity index (χ1v) is 14.1. The number of carbonyl (C=O) groups is 3. The highest BCUT2D eigenvalue weighted by Gasteiger charge is 2.35. The van der Waals surface area contributed by atoms with Crippen molar-refractivity contribution in [3.8, 4) is 0 Å². The number of anilines is 2. The van der Waals surface area contributed by atoms with Crippen molar-refractivity contribution in [2.75, 3.05) is 37.0 Å².